The van der Waals surface area contributed by atoms with Crippen molar-refractivity contribution in [3.63, 3.8) is 0 Å². The summed E-state index contributed by atoms with van der Waals surface area (Å²) >= 11 is 5.82. The largest absolute Gasteiger partial charge is 0.417 e. The van der Waals surface area contributed by atoms with Gasteiger partial charge in [-0.1, -0.05) is 0 Å². The van der Waals surface area contributed by atoms with Gasteiger partial charge in [-0.15, -0.1) is 11.6 Å². The normalized spacial score (nSPS) is 22.9. The maximum Gasteiger partial charge on any atom is 0.417 e. The van der Waals surface area contributed by atoms with Gasteiger partial charge in [-0.2, -0.15) is 13.2 Å². The Balaban J connectivity index is 2.18. The molecule has 1 aromatic heterocycles. The van der Waals surface area contributed by atoms with E-state index >= 15 is 0 Å². The minimum absolute atomic E-state index is 0.162. The first-order valence-electron chi connectivity index (χ1n) is 6.23. The van der Waals surface area contributed by atoms with Crippen molar-refractivity contribution in [2.24, 2.45) is 0 Å². The molecule has 2 heterocycles. The smallest absolute Gasteiger partial charge is 0.367 e. The quantitative estimate of drug-likeness (QED) is 0.784. The molecule has 7 heteroatoms. The van der Waals surface area contributed by atoms with E-state index < -0.39 is 17.3 Å². The summed E-state index contributed by atoms with van der Waals surface area (Å²) in [6.45, 7) is 4.91. The summed E-state index contributed by atoms with van der Waals surface area (Å²) < 4.78 is 43.3. The number of anilines is 1. The highest BCUT2D eigenvalue weighted by molar-refractivity contribution is 6.18. The molecule has 0 radical (unpaired) electrons. The van der Waals surface area contributed by atoms with E-state index in [1.165, 1.54) is 6.07 Å². The predicted octanol–water partition coefficient (Wildman–Crippen LogP) is 3.32. The van der Waals surface area contributed by atoms with Crippen molar-refractivity contribution in [1.82, 2.24) is 4.98 Å². The molecule has 0 bridgehead atoms. The lowest BCUT2D eigenvalue weighted by Gasteiger charge is -2.42. The fraction of sp³-hybridized carbons (Fsp3) is 0.615. The summed E-state index contributed by atoms with van der Waals surface area (Å²) in [6.07, 6.45) is -3.67. The van der Waals surface area contributed by atoms with Gasteiger partial charge >= 0.3 is 6.18 Å². The maximum absolute atomic E-state index is 12.5. The van der Waals surface area contributed by atoms with Crippen molar-refractivity contribution in [3.05, 3.63) is 23.9 Å². The molecule has 1 unspecified atom stereocenters. The van der Waals surface area contributed by atoms with Crippen molar-refractivity contribution in [2.75, 3.05) is 23.9 Å². The highest BCUT2D eigenvalue weighted by Gasteiger charge is 2.34. The third-order valence-corrected chi connectivity index (χ3v) is 3.40. The van der Waals surface area contributed by atoms with Crippen LogP contribution in [-0.4, -0.2) is 35.7 Å². The zero-order valence-corrected chi connectivity index (χ0v) is 12.0. The molecule has 0 N–H and O–H groups in total. The van der Waals surface area contributed by atoms with Gasteiger partial charge in [0.2, 0.25) is 0 Å². The number of aromatic nitrogens is 1. The number of nitrogens with zero attached hydrogens (tertiary/aromatic N) is 2. The van der Waals surface area contributed by atoms with Crippen LogP contribution in [-0.2, 0) is 10.9 Å². The Hall–Kier alpha value is -1.01. The van der Waals surface area contributed by atoms with E-state index in [9.17, 15) is 13.2 Å². The molecule has 0 saturated carbocycles. The zero-order chi connectivity index (χ0) is 15.0. The molecule has 0 amide bonds. The number of alkyl halides is 4. The Morgan fingerprint density at radius 1 is 1.45 bits per heavy atom. The summed E-state index contributed by atoms with van der Waals surface area (Å²) in [5.74, 6) is 0.838. The van der Waals surface area contributed by atoms with Gasteiger partial charge in [0.05, 0.1) is 23.1 Å². The lowest BCUT2D eigenvalue weighted by Crippen LogP contribution is -2.53. The van der Waals surface area contributed by atoms with E-state index in [1.54, 1.807) is 0 Å². The number of pyridine rings is 1. The van der Waals surface area contributed by atoms with E-state index in [1.807, 2.05) is 18.7 Å². The van der Waals surface area contributed by atoms with Gasteiger partial charge in [-0.05, 0) is 26.0 Å². The van der Waals surface area contributed by atoms with Crippen LogP contribution in [0.3, 0.4) is 0 Å². The van der Waals surface area contributed by atoms with Crippen LogP contribution in [0, 0.1) is 0 Å². The van der Waals surface area contributed by atoms with Crippen LogP contribution < -0.4 is 4.90 Å². The fourth-order valence-electron chi connectivity index (χ4n) is 2.29. The second-order valence-corrected chi connectivity index (χ2v) is 5.75. The van der Waals surface area contributed by atoms with E-state index in [0.29, 0.717) is 24.8 Å². The highest BCUT2D eigenvalue weighted by atomic mass is 35.5. The van der Waals surface area contributed by atoms with Gasteiger partial charge < -0.3 is 9.64 Å². The van der Waals surface area contributed by atoms with Gasteiger partial charge in [-0.25, -0.2) is 4.98 Å². The molecule has 1 atom stereocenters. The van der Waals surface area contributed by atoms with Crippen LogP contribution in [0.25, 0.3) is 0 Å². The van der Waals surface area contributed by atoms with Gasteiger partial charge in [-0.3, -0.25) is 0 Å². The van der Waals surface area contributed by atoms with Crippen LogP contribution in [0.5, 0.6) is 0 Å². The Labute approximate surface area is 120 Å². The number of ether oxygens (including phenoxy) is 1. The third kappa shape index (κ3) is 3.55. The van der Waals surface area contributed by atoms with Crippen LogP contribution in [0.4, 0.5) is 19.0 Å². The third-order valence-electron chi connectivity index (χ3n) is 3.05. The first-order valence-corrected chi connectivity index (χ1v) is 6.77. The van der Waals surface area contributed by atoms with Crippen molar-refractivity contribution in [1.29, 1.82) is 0 Å². The van der Waals surface area contributed by atoms with Gasteiger partial charge in [0.25, 0.3) is 0 Å². The van der Waals surface area contributed by atoms with Crippen molar-refractivity contribution in [3.8, 4) is 0 Å². The molecule has 0 spiro atoms. The Kier molecular flexibility index (Phi) is 4.16. The molecule has 2 rings (SSSR count). The minimum Gasteiger partial charge on any atom is -0.367 e. The van der Waals surface area contributed by atoms with Crippen LogP contribution in [0.2, 0.25) is 0 Å². The fourth-order valence-corrected chi connectivity index (χ4v) is 2.45. The summed E-state index contributed by atoms with van der Waals surface area (Å²) in [7, 11) is 0. The molecule has 1 aliphatic rings. The van der Waals surface area contributed by atoms with Crippen LogP contribution in [0.1, 0.15) is 19.4 Å². The molecule has 1 aliphatic heterocycles. The average Bonchev–Trinajstić information content (AvgIpc) is 2.36. The van der Waals surface area contributed by atoms with E-state index in [0.717, 1.165) is 12.3 Å². The molecule has 1 aromatic rings. The Morgan fingerprint density at radius 2 is 2.15 bits per heavy atom. The van der Waals surface area contributed by atoms with Crippen molar-refractivity contribution in [2.45, 2.75) is 31.7 Å². The predicted molar refractivity (Wildman–Crippen MR) is 71.1 cm³/mol. The molecule has 20 heavy (non-hydrogen) atoms. The highest BCUT2D eigenvalue weighted by Crippen LogP contribution is 2.30. The summed E-state index contributed by atoms with van der Waals surface area (Å²) in [6, 6.07) is 2.43. The van der Waals surface area contributed by atoms with E-state index in [-0.39, 0.29) is 6.10 Å². The number of hydrogen-bond donors (Lipinski definition) is 0. The minimum atomic E-state index is -4.37. The van der Waals surface area contributed by atoms with Gasteiger partial charge in [0, 0.05) is 19.3 Å². The summed E-state index contributed by atoms with van der Waals surface area (Å²) in [5.41, 5.74) is -1.16. The molecule has 1 saturated heterocycles. The first-order chi connectivity index (χ1) is 9.21. The molecule has 1 fully saturated rings. The second-order valence-electron chi connectivity index (χ2n) is 5.44. The molecule has 112 valence electrons. The molecule has 0 aromatic carbocycles. The average molecular weight is 309 g/mol. The number of morpholine rings is 1. The van der Waals surface area contributed by atoms with Crippen molar-refractivity contribution < 1.29 is 17.9 Å². The van der Waals surface area contributed by atoms with Crippen molar-refractivity contribution >= 4 is 17.4 Å². The Bertz CT molecular complexity index is 462. The SMILES string of the molecule is CC1(C)CN(c2ccc(C(F)(F)F)cn2)CC(CCl)O1. The first kappa shape index (κ1) is 15.4. The van der Waals surface area contributed by atoms with Crippen LogP contribution >= 0.6 is 11.6 Å². The number of rotatable bonds is 2. The molecule has 0 aliphatic carbocycles. The van der Waals surface area contributed by atoms with Crippen LogP contribution in [0.15, 0.2) is 18.3 Å². The van der Waals surface area contributed by atoms with Gasteiger partial charge in [0.1, 0.15) is 5.82 Å². The zero-order valence-electron chi connectivity index (χ0n) is 11.2. The molecule has 3 nitrogen and oxygen atoms in total. The van der Waals surface area contributed by atoms with E-state index in [2.05, 4.69) is 4.98 Å². The maximum atomic E-state index is 12.5. The lowest BCUT2D eigenvalue weighted by atomic mass is 10.1. The second kappa shape index (κ2) is 5.41. The summed E-state index contributed by atoms with van der Waals surface area (Å²) in [5, 5.41) is 0. The lowest BCUT2D eigenvalue weighted by molar-refractivity contribution is -0.137. The van der Waals surface area contributed by atoms with E-state index in [4.69, 9.17) is 16.3 Å². The monoisotopic (exact) mass is 308 g/mol. The topological polar surface area (TPSA) is 25.4 Å². The number of halogens is 4. The standard InChI is InChI=1S/C13H16ClF3N2O/c1-12(2)8-19(7-10(5-14)20-12)11-4-3-9(6-18-11)13(15,16)17/h3-4,6,10H,5,7-8H2,1-2H3. The molecular weight excluding hydrogens is 293 g/mol. The molecular formula is C13H16ClF3N2O. The van der Waals surface area contributed by atoms with Gasteiger partial charge in [0.15, 0.2) is 0 Å². The number of hydrogen-bond acceptors (Lipinski definition) is 3. The Morgan fingerprint density at radius 3 is 2.65 bits per heavy atom. The summed E-state index contributed by atoms with van der Waals surface area (Å²) in [4.78, 5) is 5.81.